The number of hydrogen-bond donors (Lipinski definition) is 3. The number of hydrogen-bond acceptors (Lipinski definition) is 5. The highest BCUT2D eigenvalue weighted by Gasteiger charge is 2.29. The van der Waals surface area contributed by atoms with Gasteiger partial charge in [0.05, 0.1) is 17.9 Å². The van der Waals surface area contributed by atoms with Crippen molar-refractivity contribution in [3.63, 3.8) is 0 Å². The first kappa shape index (κ1) is 23.9. The third-order valence-electron chi connectivity index (χ3n) is 5.58. The van der Waals surface area contributed by atoms with Crippen LogP contribution in [0.3, 0.4) is 0 Å². The first-order valence-electron chi connectivity index (χ1n) is 10.9. The third-order valence-corrected chi connectivity index (χ3v) is 5.58. The summed E-state index contributed by atoms with van der Waals surface area (Å²) in [4.78, 5) is 35.1. The Bertz CT molecular complexity index is 1220. The van der Waals surface area contributed by atoms with E-state index in [1.807, 2.05) is 48.5 Å². The Morgan fingerprint density at radius 3 is 2.23 bits per heavy atom. The van der Waals surface area contributed by atoms with E-state index < -0.39 is 30.4 Å². The van der Waals surface area contributed by atoms with Crippen molar-refractivity contribution in [2.24, 2.45) is 0 Å². The second kappa shape index (κ2) is 10.8. The van der Waals surface area contributed by atoms with E-state index in [-0.39, 0.29) is 36.9 Å². The molecule has 0 saturated carbocycles. The number of aliphatic carboxylic acids is 1. The van der Waals surface area contributed by atoms with E-state index in [1.165, 1.54) is 18.2 Å². The van der Waals surface area contributed by atoms with Crippen LogP contribution in [0.15, 0.2) is 66.7 Å². The number of rotatable bonds is 9. The highest BCUT2D eigenvalue weighted by Crippen LogP contribution is 2.44. The van der Waals surface area contributed by atoms with Crippen LogP contribution in [0.4, 0.5) is 14.9 Å². The van der Waals surface area contributed by atoms with Crippen LogP contribution >= 0.6 is 0 Å². The molecule has 3 aromatic rings. The molecule has 0 heterocycles. The zero-order valence-electron chi connectivity index (χ0n) is 18.6. The Morgan fingerprint density at radius 1 is 0.914 bits per heavy atom. The predicted octanol–water partition coefficient (Wildman–Crippen LogP) is 4.02. The van der Waals surface area contributed by atoms with E-state index in [4.69, 9.17) is 14.6 Å². The molecule has 2 amide bonds. The molecule has 9 heteroatoms. The van der Waals surface area contributed by atoms with E-state index in [1.54, 1.807) is 0 Å². The van der Waals surface area contributed by atoms with Gasteiger partial charge in [0.2, 0.25) is 0 Å². The van der Waals surface area contributed by atoms with Gasteiger partial charge in [-0.2, -0.15) is 0 Å². The van der Waals surface area contributed by atoms with Crippen LogP contribution < -0.4 is 10.6 Å². The van der Waals surface area contributed by atoms with Crippen molar-refractivity contribution in [2.75, 3.05) is 31.7 Å². The molecule has 0 radical (unpaired) electrons. The SMILES string of the molecule is O=C(O)COCCNC(=O)c1cccc(NC(=O)OCC2c3ccccc3-c3ccccc32)c1F. The summed E-state index contributed by atoms with van der Waals surface area (Å²) in [5.41, 5.74) is 3.82. The van der Waals surface area contributed by atoms with Crippen molar-refractivity contribution in [1.29, 1.82) is 0 Å². The van der Waals surface area contributed by atoms with Crippen LogP contribution in [0.1, 0.15) is 27.4 Å². The molecule has 0 aliphatic heterocycles. The number of carbonyl (C=O) groups excluding carboxylic acids is 2. The lowest BCUT2D eigenvalue weighted by Crippen LogP contribution is -2.29. The average molecular weight is 478 g/mol. The number of ether oxygens (including phenoxy) is 2. The van der Waals surface area contributed by atoms with E-state index >= 15 is 0 Å². The van der Waals surface area contributed by atoms with Gasteiger partial charge in [-0.3, -0.25) is 10.1 Å². The van der Waals surface area contributed by atoms with Gasteiger partial charge in [0, 0.05) is 12.5 Å². The smallest absolute Gasteiger partial charge is 0.411 e. The lowest BCUT2D eigenvalue weighted by Gasteiger charge is -2.15. The van der Waals surface area contributed by atoms with E-state index in [9.17, 15) is 18.8 Å². The van der Waals surface area contributed by atoms with Crippen molar-refractivity contribution < 1.29 is 33.4 Å². The molecule has 180 valence electrons. The molecule has 0 spiro atoms. The van der Waals surface area contributed by atoms with Crippen molar-refractivity contribution in [1.82, 2.24) is 5.32 Å². The second-order valence-corrected chi connectivity index (χ2v) is 7.82. The van der Waals surface area contributed by atoms with E-state index in [0.717, 1.165) is 22.3 Å². The van der Waals surface area contributed by atoms with E-state index in [2.05, 4.69) is 10.6 Å². The summed E-state index contributed by atoms with van der Waals surface area (Å²) in [6.45, 7) is -0.477. The Hall–Kier alpha value is -4.24. The molecule has 35 heavy (non-hydrogen) atoms. The zero-order chi connectivity index (χ0) is 24.8. The number of benzene rings is 3. The van der Waals surface area contributed by atoms with Crippen molar-refractivity contribution in [3.8, 4) is 11.1 Å². The minimum absolute atomic E-state index is 0.00438. The van der Waals surface area contributed by atoms with E-state index in [0.29, 0.717) is 0 Å². The molecule has 3 N–H and O–H groups in total. The molecule has 0 unspecified atom stereocenters. The molecule has 1 aliphatic rings. The fraction of sp³-hybridized carbons (Fsp3) is 0.192. The number of carbonyl (C=O) groups is 3. The summed E-state index contributed by atoms with van der Waals surface area (Å²) in [6.07, 6.45) is -0.842. The monoisotopic (exact) mass is 478 g/mol. The first-order valence-corrected chi connectivity index (χ1v) is 10.9. The van der Waals surface area contributed by atoms with Gasteiger partial charge in [-0.25, -0.2) is 14.0 Å². The number of nitrogens with one attached hydrogen (secondary N) is 2. The van der Waals surface area contributed by atoms with Crippen molar-refractivity contribution in [2.45, 2.75) is 5.92 Å². The molecular weight excluding hydrogens is 455 g/mol. The molecule has 0 saturated heterocycles. The Labute approximate surface area is 200 Å². The first-order chi connectivity index (χ1) is 17.0. The quantitative estimate of drug-likeness (QED) is 0.401. The number of carboxylic acid groups (broad SMARTS) is 1. The number of halogens is 1. The molecule has 4 rings (SSSR count). The Kier molecular flexibility index (Phi) is 7.37. The van der Waals surface area contributed by atoms with Gasteiger partial charge >= 0.3 is 12.1 Å². The average Bonchev–Trinajstić information content (AvgIpc) is 3.17. The summed E-state index contributed by atoms with van der Waals surface area (Å²) in [7, 11) is 0. The summed E-state index contributed by atoms with van der Waals surface area (Å²) < 4.78 is 25.1. The largest absolute Gasteiger partial charge is 0.480 e. The van der Waals surface area contributed by atoms with Crippen LogP contribution in [0, 0.1) is 5.82 Å². The van der Waals surface area contributed by atoms with Gasteiger partial charge < -0.3 is 19.9 Å². The molecular formula is C26H23FN2O6. The number of amides is 2. The van der Waals surface area contributed by atoms with Gasteiger partial charge in [-0.15, -0.1) is 0 Å². The standard InChI is InChI=1S/C26H23FN2O6/c27-24-20(25(32)28-12-13-34-15-23(30)31)10-5-11-22(24)29-26(33)35-14-21-18-8-3-1-6-16(18)17-7-2-4-9-19(17)21/h1-11,21H,12-15H2,(H,28,32)(H,29,33)(H,30,31). The summed E-state index contributed by atoms with van der Waals surface area (Å²) in [6, 6.07) is 19.8. The normalized spacial score (nSPS) is 11.9. The second-order valence-electron chi connectivity index (χ2n) is 7.82. The molecule has 0 bridgehead atoms. The van der Waals surface area contributed by atoms with Gasteiger partial charge in [0.25, 0.3) is 5.91 Å². The minimum atomic E-state index is -1.13. The van der Waals surface area contributed by atoms with Crippen molar-refractivity contribution in [3.05, 3.63) is 89.2 Å². The molecule has 1 aliphatic carbocycles. The molecule has 0 fully saturated rings. The number of anilines is 1. The summed E-state index contributed by atoms with van der Waals surface area (Å²) >= 11 is 0. The lowest BCUT2D eigenvalue weighted by atomic mass is 9.98. The summed E-state index contributed by atoms with van der Waals surface area (Å²) in [5, 5.41) is 13.3. The van der Waals surface area contributed by atoms with Crippen molar-refractivity contribution >= 4 is 23.7 Å². The van der Waals surface area contributed by atoms with Crippen LogP contribution in [-0.4, -0.2) is 49.4 Å². The molecule has 0 atom stereocenters. The fourth-order valence-corrected chi connectivity index (χ4v) is 4.04. The van der Waals surface area contributed by atoms with Gasteiger partial charge in [0.1, 0.15) is 13.2 Å². The van der Waals surface area contributed by atoms with Gasteiger partial charge in [-0.1, -0.05) is 54.6 Å². The molecule has 3 aromatic carbocycles. The lowest BCUT2D eigenvalue weighted by molar-refractivity contribution is -0.142. The maximum Gasteiger partial charge on any atom is 0.411 e. The van der Waals surface area contributed by atoms with Gasteiger partial charge in [-0.05, 0) is 34.4 Å². The molecule has 0 aromatic heterocycles. The van der Waals surface area contributed by atoms with Gasteiger partial charge in [0.15, 0.2) is 5.82 Å². The van der Waals surface area contributed by atoms with Crippen LogP contribution in [0.25, 0.3) is 11.1 Å². The van der Waals surface area contributed by atoms with Crippen LogP contribution in [0.2, 0.25) is 0 Å². The highest BCUT2D eigenvalue weighted by atomic mass is 19.1. The molecule has 8 nitrogen and oxygen atoms in total. The summed E-state index contributed by atoms with van der Waals surface area (Å²) in [5.74, 6) is -2.91. The third kappa shape index (κ3) is 5.47. The predicted molar refractivity (Wildman–Crippen MR) is 126 cm³/mol. The number of fused-ring (bicyclic) bond motifs is 3. The topological polar surface area (TPSA) is 114 Å². The minimum Gasteiger partial charge on any atom is -0.480 e. The maximum atomic E-state index is 14.9. The van der Waals surface area contributed by atoms with Crippen LogP contribution in [0.5, 0.6) is 0 Å². The highest BCUT2D eigenvalue weighted by molar-refractivity contribution is 5.96. The number of carboxylic acids is 1. The Morgan fingerprint density at radius 2 is 1.57 bits per heavy atom. The fourth-order valence-electron chi connectivity index (χ4n) is 4.04. The maximum absolute atomic E-state index is 14.9. The zero-order valence-corrected chi connectivity index (χ0v) is 18.6. The van der Waals surface area contributed by atoms with Crippen LogP contribution in [-0.2, 0) is 14.3 Å². The Balaban J connectivity index is 1.36.